The first-order valence-corrected chi connectivity index (χ1v) is 8.59. The SMILES string of the molecule is CC1CCN(Cc2cc3n(n2)CCN(C(=O)C(C)C)C3)CC1. The molecule has 1 aromatic heterocycles. The van der Waals surface area contributed by atoms with Crippen molar-refractivity contribution in [2.75, 3.05) is 19.6 Å². The molecule has 0 N–H and O–H groups in total. The van der Waals surface area contributed by atoms with Crippen LogP contribution in [0.25, 0.3) is 0 Å². The number of aromatic nitrogens is 2. The molecule has 1 amide bonds. The van der Waals surface area contributed by atoms with Gasteiger partial charge in [-0.25, -0.2) is 0 Å². The van der Waals surface area contributed by atoms with E-state index in [-0.39, 0.29) is 11.8 Å². The van der Waals surface area contributed by atoms with Gasteiger partial charge in [0.05, 0.1) is 24.5 Å². The summed E-state index contributed by atoms with van der Waals surface area (Å²) in [6.45, 7) is 11.9. The highest BCUT2D eigenvalue weighted by molar-refractivity contribution is 5.78. The van der Waals surface area contributed by atoms with Gasteiger partial charge in [0, 0.05) is 19.0 Å². The molecule has 3 rings (SSSR count). The summed E-state index contributed by atoms with van der Waals surface area (Å²) >= 11 is 0. The number of carbonyl (C=O) groups is 1. The summed E-state index contributed by atoms with van der Waals surface area (Å²) in [7, 11) is 0. The summed E-state index contributed by atoms with van der Waals surface area (Å²) < 4.78 is 2.09. The fourth-order valence-electron chi connectivity index (χ4n) is 3.41. The molecule has 2 aliphatic heterocycles. The van der Waals surface area contributed by atoms with Crippen molar-refractivity contribution in [3.05, 3.63) is 17.5 Å². The molecule has 0 aromatic carbocycles. The van der Waals surface area contributed by atoms with Gasteiger partial charge in [0.1, 0.15) is 0 Å². The second-order valence-corrected chi connectivity index (χ2v) is 7.22. The Hall–Kier alpha value is -1.36. The molecule has 0 saturated carbocycles. The molecule has 0 radical (unpaired) electrons. The minimum atomic E-state index is 0.0734. The maximum atomic E-state index is 12.2. The van der Waals surface area contributed by atoms with Crippen LogP contribution >= 0.6 is 0 Å². The van der Waals surface area contributed by atoms with Crippen molar-refractivity contribution in [2.24, 2.45) is 11.8 Å². The maximum absolute atomic E-state index is 12.2. The van der Waals surface area contributed by atoms with Crippen molar-refractivity contribution in [1.29, 1.82) is 0 Å². The standard InChI is InChI=1S/C17H28N4O/c1-13(2)17(22)20-8-9-21-16(12-20)10-15(18-21)11-19-6-4-14(3)5-7-19/h10,13-14H,4-9,11-12H2,1-3H3. The maximum Gasteiger partial charge on any atom is 0.225 e. The predicted molar refractivity (Wildman–Crippen MR) is 86.2 cm³/mol. The number of hydrogen-bond donors (Lipinski definition) is 0. The first-order valence-electron chi connectivity index (χ1n) is 8.59. The molecule has 0 unspecified atom stereocenters. The van der Waals surface area contributed by atoms with Crippen molar-refractivity contribution < 1.29 is 4.79 Å². The third-order valence-corrected chi connectivity index (χ3v) is 4.92. The van der Waals surface area contributed by atoms with Crippen LogP contribution in [0.2, 0.25) is 0 Å². The Bertz CT molecular complexity index is 529. The second kappa shape index (κ2) is 6.41. The molecule has 0 bridgehead atoms. The Morgan fingerprint density at radius 1 is 1.27 bits per heavy atom. The Morgan fingerprint density at radius 2 is 2.00 bits per heavy atom. The van der Waals surface area contributed by atoms with Crippen LogP contribution in [0.4, 0.5) is 0 Å². The molecule has 3 heterocycles. The van der Waals surface area contributed by atoms with E-state index in [2.05, 4.69) is 22.6 Å². The van der Waals surface area contributed by atoms with Gasteiger partial charge in [0.15, 0.2) is 0 Å². The van der Waals surface area contributed by atoms with Gasteiger partial charge in [-0.05, 0) is 37.9 Å². The highest BCUT2D eigenvalue weighted by atomic mass is 16.2. The molecule has 0 atom stereocenters. The third-order valence-electron chi connectivity index (χ3n) is 4.92. The van der Waals surface area contributed by atoms with Crippen LogP contribution in [-0.4, -0.2) is 45.1 Å². The number of fused-ring (bicyclic) bond motifs is 1. The zero-order valence-corrected chi connectivity index (χ0v) is 14.1. The van der Waals surface area contributed by atoms with Crippen LogP contribution in [0.1, 0.15) is 45.0 Å². The van der Waals surface area contributed by atoms with Gasteiger partial charge in [-0.15, -0.1) is 0 Å². The van der Waals surface area contributed by atoms with Crippen LogP contribution in [0.3, 0.4) is 0 Å². The first-order chi connectivity index (χ1) is 10.5. The Morgan fingerprint density at radius 3 is 2.68 bits per heavy atom. The molecule has 22 heavy (non-hydrogen) atoms. The lowest BCUT2D eigenvalue weighted by Gasteiger charge is -2.29. The van der Waals surface area contributed by atoms with E-state index in [9.17, 15) is 4.79 Å². The first kappa shape index (κ1) is 15.5. The van der Waals surface area contributed by atoms with Crippen molar-refractivity contribution >= 4 is 5.91 Å². The van der Waals surface area contributed by atoms with E-state index >= 15 is 0 Å². The van der Waals surface area contributed by atoms with E-state index in [0.29, 0.717) is 6.54 Å². The summed E-state index contributed by atoms with van der Waals surface area (Å²) in [5.41, 5.74) is 2.34. The minimum Gasteiger partial charge on any atom is -0.335 e. The number of piperidine rings is 1. The quantitative estimate of drug-likeness (QED) is 0.859. The van der Waals surface area contributed by atoms with Crippen LogP contribution < -0.4 is 0 Å². The molecular weight excluding hydrogens is 276 g/mol. The highest BCUT2D eigenvalue weighted by Gasteiger charge is 2.24. The summed E-state index contributed by atoms with van der Waals surface area (Å²) in [6, 6.07) is 2.19. The molecule has 5 nitrogen and oxygen atoms in total. The Kier molecular flexibility index (Phi) is 4.52. The van der Waals surface area contributed by atoms with Gasteiger partial charge in [-0.2, -0.15) is 5.10 Å². The van der Waals surface area contributed by atoms with E-state index in [1.807, 2.05) is 18.7 Å². The minimum absolute atomic E-state index is 0.0734. The van der Waals surface area contributed by atoms with Gasteiger partial charge >= 0.3 is 0 Å². The molecular formula is C17H28N4O. The topological polar surface area (TPSA) is 41.4 Å². The number of carbonyl (C=O) groups excluding carboxylic acids is 1. The molecule has 0 aliphatic carbocycles. The summed E-state index contributed by atoms with van der Waals surface area (Å²) in [5.74, 6) is 1.19. The zero-order chi connectivity index (χ0) is 15.7. The number of likely N-dealkylation sites (tertiary alicyclic amines) is 1. The summed E-state index contributed by atoms with van der Waals surface area (Å²) in [5, 5.41) is 4.74. The third kappa shape index (κ3) is 3.35. The second-order valence-electron chi connectivity index (χ2n) is 7.22. The monoisotopic (exact) mass is 304 g/mol. The molecule has 122 valence electrons. The van der Waals surface area contributed by atoms with Gasteiger partial charge in [-0.3, -0.25) is 14.4 Å². The fourth-order valence-corrected chi connectivity index (χ4v) is 3.41. The van der Waals surface area contributed by atoms with Gasteiger partial charge in [0.25, 0.3) is 0 Å². The van der Waals surface area contributed by atoms with Crippen LogP contribution in [0.5, 0.6) is 0 Å². The molecule has 1 fully saturated rings. The van der Waals surface area contributed by atoms with Crippen LogP contribution in [0.15, 0.2) is 6.07 Å². The molecule has 1 aromatic rings. The summed E-state index contributed by atoms with van der Waals surface area (Å²) in [4.78, 5) is 16.6. The normalized spacial score (nSPS) is 20.5. The number of hydrogen-bond acceptors (Lipinski definition) is 3. The molecule has 5 heteroatoms. The summed E-state index contributed by atoms with van der Waals surface area (Å²) in [6.07, 6.45) is 2.59. The average Bonchev–Trinajstić information content (AvgIpc) is 2.90. The fraction of sp³-hybridized carbons (Fsp3) is 0.765. The number of nitrogens with zero attached hydrogens (tertiary/aromatic N) is 4. The molecule has 0 spiro atoms. The zero-order valence-electron chi connectivity index (χ0n) is 14.1. The van der Waals surface area contributed by atoms with Crippen molar-refractivity contribution in [1.82, 2.24) is 19.6 Å². The lowest BCUT2D eigenvalue weighted by Crippen LogP contribution is -2.40. The van der Waals surface area contributed by atoms with Gasteiger partial charge in [-0.1, -0.05) is 20.8 Å². The lowest BCUT2D eigenvalue weighted by molar-refractivity contribution is -0.136. The van der Waals surface area contributed by atoms with Gasteiger partial charge in [0.2, 0.25) is 5.91 Å². The van der Waals surface area contributed by atoms with Crippen LogP contribution in [0, 0.1) is 11.8 Å². The lowest BCUT2D eigenvalue weighted by atomic mass is 9.99. The van der Waals surface area contributed by atoms with Crippen molar-refractivity contribution in [2.45, 2.75) is 53.2 Å². The Balaban J connectivity index is 1.62. The smallest absolute Gasteiger partial charge is 0.225 e. The van der Waals surface area contributed by atoms with Crippen molar-refractivity contribution in [3.63, 3.8) is 0 Å². The van der Waals surface area contributed by atoms with Crippen molar-refractivity contribution in [3.8, 4) is 0 Å². The predicted octanol–water partition coefficient (Wildman–Crippen LogP) is 2.11. The largest absolute Gasteiger partial charge is 0.335 e. The molecule has 2 aliphatic rings. The Labute approximate surface area is 133 Å². The average molecular weight is 304 g/mol. The van der Waals surface area contributed by atoms with Crippen LogP contribution in [-0.2, 0) is 24.4 Å². The van der Waals surface area contributed by atoms with E-state index in [1.165, 1.54) is 31.6 Å². The van der Waals surface area contributed by atoms with E-state index in [0.717, 1.165) is 31.2 Å². The van der Waals surface area contributed by atoms with E-state index < -0.39 is 0 Å². The number of rotatable bonds is 3. The molecule has 1 saturated heterocycles. The highest BCUT2D eigenvalue weighted by Crippen LogP contribution is 2.20. The van der Waals surface area contributed by atoms with E-state index in [1.54, 1.807) is 0 Å². The number of amides is 1. The van der Waals surface area contributed by atoms with E-state index in [4.69, 9.17) is 5.10 Å². The van der Waals surface area contributed by atoms with Gasteiger partial charge < -0.3 is 4.90 Å².